The molecule has 3 aliphatic rings. The fourth-order valence-corrected chi connectivity index (χ4v) is 6.54. The molecule has 0 amide bonds. The summed E-state index contributed by atoms with van der Waals surface area (Å²) in [7, 11) is 0. The number of nitrogens with zero attached hydrogens (tertiary/aromatic N) is 1. The van der Waals surface area contributed by atoms with Crippen LogP contribution in [0.15, 0.2) is 18.2 Å². The van der Waals surface area contributed by atoms with Gasteiger partial charge in [-0.1, -0.05) is 19.8 Å². The molecule has 4 nitrogen and oxygen atoms in total. The molecule has 1 aromatic heterocycles. The molecule has 1 saturated heterocycles. The Morgan fingerprint density at radius 1 is 1.23 bits per heavy atom. The van der Waals surface area contributed by atoms with Gasteiger partial charge in [-0.2, -0.15) is 0 Å². The zero-order valence-electron chi connectivity index (χ0n) is 18.5. The van der Waals surface area contributed by atoms with Crippen molar-refractivity contribution < 1.29 is 9.13 Å². The lowest BCUT2D eigenvalue weighted by Gasteiger charge is -2.55. The van der Waals surface area contributed by atoms with Crippen molar-refractivity contribution in [3.63, 3.8) is 0 Å². The second-order valence-corrected chi connectivity index (χ2v) is 9.84. The highest BCUT2D eigenvalue weighted by Gasteiger charge is 2.50. The fraction of sp³-hybridized carbons (Fsp3) is 0.680. The molecule has 2 aliphatic heterocycles. The van der Waals surface area contributed by atoms with Crippen molar-refractivity contribution in [2.45, 2.75) is 82.4 Å². The Morgan fingerprint density at radius 2 is 2.07 bits per heavy atom. The van der Waals surface area contributed by atoms with Gasteiger partial charge < -0.3 is 15.0 Å². The molecule has 5 heteroatoms. The number of nitrogens with one attached hydrogen (secondary N) is 2. The molecule has 5 rings (SSSR count). The highest BCUT2D eigenvalue weighted by Crippen LogP contribution is 2.51. The zero-order valence-corrected chi connectivity index (χ0v) is 18.5. The van der Waals surface area contributed by atoms with Crippen LogP contribution in [0.5, 0.6) is 0 Å². The summed E-state index contributed by atoms with van der Waals surface area (Å²) in [4.78, 5) is 6.46. The lowest BCUT2D eigenvalue weighted by molar-refractivity contribution is -0.124. The smallest absolute Gasteiger partial charge is 0.123 e. The molecule has 1 unspecified atom stereocenters. The minimum Gasteiger partial charge on any atom is -0.368 e. The molecule has 1 spiro atoms. The first-order valence-corrected chi connectivity index (χ1v) is 12.0. The first-order chi connectivity index (χ1) is 14.6. The molecule has 1 aliphatic carbocycles. The maximum atomic E-state index is 13.9. The number of unbranched alkanes of at least 4 members (excludes halogenated alkanes) is 1. The monoisotopic (exact) mass is 413 g/mol. The van der Waals surface area contributed by atoms with Crippen molar-refractivity contribution in [1.82, 2.24) is 15.2 Å². The van der Waals surface area contributed by atoms with E-state index in [0.717, 1.165) is 56.4 Å². The summed E-state index contributed by atoms with van der Waals surface area (Å²) in [6, 6.07) is 5.72. The summed E-state index contributed by atoms with van der Waals surface area (Å²) in [6.45, 7) is 8.76. The number of aromatic amines is 1. The van der Waals surface area contributed by atoms with Crippen molar-refractivity contribution in [2.24, 2.45) is 0 Å². The molecule has 30 heavy (non-hydrogen) atoms. The molecular weight excluding hydrogens is 377 g/mol. The van der Waals surface area contributed by atoms with Gasteiger partial charge in [0.2, 0.25) is 0 Å². The molecule has 2 aromatic rings. The zero-order chi connectivity index (χ0) is 20.8. The van der Waals surface area contributed by atoms with Gasteiger partial charge in [-0.05, 0) is 69.2 Å². The average molecular weight is 414 g/mol. The van der Waals surface area contributed by atoms with E-state index < -0.39 is 0 Å². The molecule has 0 radical (unpaired) electrons. The van der Waals surface area contributed by atoms with Crippen LogP contribution in [0.4, 0.5) is 4.39 Å². The second-order valence-electron chi connectivity index (χ2n) is 9.84. The Morgan fingerprint density at radius 3 is 2.83 bits per heavy atom. The second kappa shape index (κ2) is 7.92. The summed E-state index contributed by atoms with van der Waals surface area (Å²) >= 11 is 0. The van der Waals surface area contributed by atoms with Gasteiger partial charge in [-0.15, -0.1) is 0 Å². The number of rotatable bonds is 4. The molecule has 2 fully saturated rings. The highest BCUT2D eigenvalue weighted by molar-refractivity contribution is 5.85. The van der Waals surface area contributed by atoms with E-state index in [1.807, 2.05) is 6.07 Å². The van der Waals surface area contributed by atoms with E-state index in [0.29, 0.717) is 11.6 Å². The molecule has 1 saturated carbocycles. The third kappa shape index (κ3) is 3.30. The van der Waals surface area contributed by atoms with Crippen LogP contribution in [0, 0.1) is 5.82 Å². The van der Waals surface area contributed by atoms with Crippen LogP contribution >= 0.6 is 0 Å². The Hall–Kier alpha value is -1.43. The third-order valence-electron chi connectivity index (χ3n) is 8.15. The van der Waals surface area contributed by atoms with Crippen molar-refractivity contribution in [1.29, 1.82) is 0 Å². The lowest BCUT2D eigenvalue weighted by atomic mass is 9.68. The molecule has 3 heterocycles. The average Bonchev–Trinajstić information content (AvgIpc) is 3.14. The van der Waals surface area contributed by atoms with E-state index in [4.69, 9.17) is 4.74 Å². The van der Waals surface area contributed by atoms with Gasteiger partial charge in [0, 0.05) is 42.1 Å². The Kier molecular flexibility index (Phi) is 5.41. The molecule has 1 aromatic carbocycles. The summed E-state index contributed by atoms with van der Waals surface area (Å²) in [5, 5.41) is 4.61. The number of piperazine rings is 1. The van der Waals surface area contributed by atoms with Gasteiger partial charge in [-0.3, -0.25) is 4.90 Å². The normalized spacial score (nSPS) is 32.6. The molecule has 1 atom stereocenters. The van der Waals surface area contributed by atoms with E-state index in [1.54, 1.807) is 12.1 Å². The van der Waals surface area contributed by atoms with Gasteiger partial charge in [0.15, 0.2) is 0 Å². The Bertz CT molecular complexity index is 899. The SMILES string of the molecule is CCCCC1(N2CCNCC2C)CCC2(CC1)OCCc1c2[nH]c2ccc(F)cc12. The van der Waals surface area contributed by atoms with E-state index in [1.165, 1.54) is 43.4 Å². The number of aromatic nitrogens is 1. The molecule has 164 valence electrons. The Balaban J connectivity index is 1.46. The van der Waals surface area contributed by atoms with Crippen LogP contribution in [0.1, 0.15) is 70.1 Å². The standard InChI is InChI=1S/C25H36FN3O/c1-3-4-8-24(29-14-13-27-17-18(29)2)9-11-25(12-10-24)23-20(7-15-30-25)21-16-19(26)5-6-22(21)28-23/h5-6,16,18,27-28H,3-4,7-15,17H2,1-2H3. The van der Waals surface area contributed by atoms with Crippen molar-refractivity contribution in [3.05, 3.63) is 35.3 Å². The van der Waals surface area contributed by atoms with Crippen molar-refractivity contribution >= 4 is 10.9 Å². The van der Waals surface area contributed by atoms with Gasteiger partial charge in [0.05, 0.1) is 12.3 Å². The van der Waals surface area contributed by atoms with E-state index >= 15 is 0 Å². The number of hydrogen-bond acceptors (Lipinski definition) is 3. The minimum absolute atomic E-state index is 0.153. The maximum Gasteiger partial charge on any atom is 0.123 e. The van der Waals surface area contributed by atoms with Crippen molar-refractivity contribution in [2.75, 3.05) is 26.2 Å². The number of fused-ring (bicyclic) bond motifs is 4. The van der Waals surface area contributed by atoms with Crippen LogP contribution in [0.2, 0.25) is 0 Å². The van der Waals surface area contributed by atoms with Crippen LogP contribution < -0.4 is 5.32 Å². The first-order valence-electron chi connectivity index (χ1n) is 12.0. The third-order valence-corrected chi connectivity index (χ3v) is 8.15. The number of halogens is 1. The highest BCUT2D eigenvalue weighted by atomic mass is 19.1. The topological polar surface area (TPSA) is 40.3 Å². The summed E-state index contributed by atoms with van der Waals surface area (Å²) in [6.07, 6.45) is 9.17. The van der Waals surface area contributed by atoms with E-state index in [9.17, 15) is 4.39 Å². The van der Waals surface area contributed by atoms with Gasteiger partial charge in [0.1, 0.15) is 11.4 Å². The largest absolute Gasteiger partial charge is 0.368 e. The van der Waals surface area contributed by atoms with E-state index in [-0.39, 0.29) is 11.4 Å². The summed E-state index contributed by atoms with van der Waals surface area (Å²) in [5.74, 6) is -0.153. The number of ether oxygens (including phenoxy) is 1. The first kappa shape index (κ1) is 20.5. The summed E-state index contributed by atoms with van der Waals surface area (Å²) < 4.78 is 20.5. The fourth-order valence-electron chi connectivity index (χ4n) is 6.54. The molecule has 2 N–H and O–H groups in total. The van der Waals surface area contributed by atoms with E-state index in [2.05, 4.69) is 29.0 Å². The van der Waals surface area contributed by atoms with Crippen LogP contribution in [-0.2, 0) is 16.8 Å². The summed E-state index contributed by atoms with van der Waals surface area (Å²) in [5.41, 5.74) is 3.63. The number of hydrogen-bond donors (Lipinski definition) is 2. The molecule has 0 bridgehead atoms. The van der Waals surface area contributed by atoms with Crippen LogP contribution in [0.3, 0.4) is 0 Å². The minimum atomic E-state index is -0.226. The predicted octanol–water partition coefficient (Wildman–Crippen LogP) is 4.87. The van der Waals surface area contributed by atoms with Gasteiger partial charge >= 0.3 is 0 Å². The quantitative estimate of drug-likeness (QED) is 0.751. The lowest BCUT2D eigenvalue weighted by Crippen LogP contribution is -2.62. The Labute approximate surface area is 179 Å². The predicted molar refractivity (Wildman–Crippen MR) is 119 cm³/mol. The van der Waals surface area contributed by atoms with Gasteiger partial charge in [-0.25, -0.2) is 4.39 Å². The number of H-pyrrole nitrogens is 1. The molecular formula is C25H36FN3O. The van der Waals surface area contributed by atoms with Gasteiger partial charge in [0.25, 0.3) is 0 Å². The number of benzene rings is 1. The maximum absolute atomic E-state index is 13.9. The van der Waals surface area contributed by atoms with Crippen molar-refractivity contribution in [3.8, 4) is 0 Å². The van der Waals surface area contributed by atoms with Crippen LogP contribution in [-0.4, -0.2) is 47.7 Å². The van der Waals surface area contributed by atoms with Crippen LogP contribution in [0.25, 0.3) is 10.9 Å².